The predicted molar refractivity (Wildman–Crippen MR) is 99.4 cm³/mol. The van der Waals surface area contributed by atoms with Crippen LogP contribution in [0.25, 0.3) is 0 Å². The molecule has 0 bridgehead atoms. The third-order valence-corrected chi connectivity index (χ3v) is 6.28. The van der Waals surface area contributed by atoms with Crippen molar-refractivity contribution in [3.63, 3.8) is 0 Å². The first-order valence-corrected chi connectivity index (χ1v) is 10.4. The van der Waals surface area contributed by atoms with Gasteiger partial charge in [0.1, 0.15) is 0 Å². The molecule has 1 N–H and O–H groups in total. The zero-order chi connectivity index (χ0) is 16.7. The Bertz CT molecular complexity index is 628. The molecule has 4 nitrogen and oxygen atoms in total. The van der Waals surface area contributed by atoms with E-state index in [-0.39, 0.29) is 11.9 Å². The average Bonchev–Trinajstić information content (AvgIpc) is 3.00. The van der Waals surface area contributed by atoms with Crippen LogP contribution in [0.1, 0.15) is 37.4 Å². The Morgan fingerprint density at radius 3 is 2.43 bits per heavy atom. The number of amides is 1. The molecule has 0 fully saturated rings. The maximum atomic E-state index is 12.2. The number of carbonyl (C=O) groups is 1. The Hall–Kier alpha value is -1.05. The zero-order valence-electron chi connectivity index (χ0n) is 13.5. The summed E-state index contributed by atoms with van der Waals surface area (Å²) in [5.41, 5.74) is 2.37. The van der Waals surface area contributed by atoms with Gasteiger partial charge in [-0.05, 0) is 24.7 Å². The molecule has 1 atom stereocenters. The van der Waals surface area contributed by atoms with Gasteiger partial charge in [0.2, 0.25) is 5.91 Å². The van der Waals surface area contributed by atoms with Gasteiger partial charge in [-0.25, -0.2) is 0 Å². The third kappa shape index (κ3) is 5.82. The van der Waals surface area contributed by atoms with Crippen LogP contribution in [0.5, 0.6) is 0 Å². The zero-order valence-corrected chi connectivity index (χ0v) is 16.0. The van der Waals surface area contributed by atoms with Crippen LogP contribution in [0.2, 0.25) is 0 Å². The molecule has 0 aliphatic carbocycles. The van der Waals surface area contributed by atoms with E-state index in [0.29, 0.717) is 5.75 Å². The van der Waals surface area contributed by atoms with E-state index in [1.807, 2.05) is 0 Å². The molecule has 0 aliphatic heterocycles. The smallest absolute Gasteiger partial charge is 0.230 e. The predicted octanol–water partition coefficient (Wildman–Crippen LogP) is 4.32. The number of carbonyl (C=O) groups excluding carboxylic acids is 1. The lowest BCUT2D eigenvalue weighted by molar-refractivity contribution is -0.119. The molecule has 0 unspecified atom stereocenters. The number of nitrogens with zero attached hydrogens (tertiary/aromatic N) is 2. The number of thioether (sulfide) groups is 2. The van der Waals surface area contributed by atoms with Crippen molar-refractivity contribution in [3.05, 3.63) is 35.4 Å². The largest absolute Gasteiger partial charge is 0.349 e. The van der Waals surface area contributed by atoms with Gasteiger partial charge < -0.3 is 5.32 Å². The van der Waals surface area contributed by atoms with E-state index in [2.05, 4.69) is 60.6 Å². The Morgan fingerprint density at radius 2 is 1.83 bits per heavy atom. The van der Waals surface area contributed by atoms with E-state index >= 15 is 0 Å². The van der Waals surface area contributed by atoms with Crippen molar-refractivity contribution in [1.82, 2.24) is 15.5 Å². The van der Waals surface area contributed by atoms with Crippen LogP contribution in [-0.2, 0) is 4.79 Å². The Kier molecular flexibility index (Phi) is 7.39. The van der Waals surface area contributed by atoms with Gasteiger partial charge in [0.05, 0.1) is 11.8 Å². The number of hydrogen-bond donors (Lipinski definition) is 1. The van der Waals surface area contributed by atoms with Crippen LogP contribution in [0.3, 0.4) is 0 Å². The monoisotopic (exact) mass is 367 g/mol. The lowest BCUT2D eigenvalue weighted by Crippen LogP contribution is -2.29. The highest BCUT2D eigenvalue weighted by molar-refractivity contribution is 8.03. The van der Waals surface area contributed by atoms with Crippen molar-refractivity contribution < 1.29 is 4.79 Å². The molecule has 0 saturated carbocycles. The molecule has 1 heterocycles. The highest BCUT2D eigenvalue weighted by Crippen LogP contribution is 2.28. The molecule has 23 heavy (non-hydrogen) atoms. The normalized spacial score (nSPS) is 12.1. The summed E-state index contributed by atoms with van der Waals surface area (Å²) in [6.07, 6.45) is 0.871. The number of hydrogen-bond acceptors (Lipinski definition) is 6. The molecular weight excluding hydrogens is 346 g/mol. The summed E-state index contributed by atoms with van der Waals surface area (Å²) in [5.74, 6) is 1.38. The molecule has 0 saturated heterocycles. The Labute approximate surface area is 149 Å². The summed E-state index contributed by atoms with van der Waals surface area (Å²) in [6.45, 7) is 6.23. The summed E-state index contributed by atoms with van der Waals surface area (Å²) in [5, 5.41) is 11.3. The van der Waals surface area contributed by atoms with Gasteiger partial charge in [-0.2, -0.15) is 0 Å². The SMILES string of the molecule is CCSc1nnc(SCC(=O)N[C@@H](CC)c2ccc(C)cc2)s1. The highest BCUT2D eigenvalue weighted by Gasteiger charge is 2.14. The number of aryl methyl sites for hydroxylation is 1. The summed E-state index contributed by atoms with van der Waals surface area (Å²) < 4.78 is 1.81. The molecule has 1 aromatic heterocycles. The second-order valence-electron chi connectivity index (χ2n) is 4.99. The number of rotatable bonds is 8. The first kappa shape index (κ1) is 18.3. The summed E-state index contributed by atoms with van der Waals surface area (Å²) >= 11 is 4.66. The number of nitrogens with one attached hydrogen (secondary N) is 1. The van der Waals surface area contributed by atoms with E-state index in [9.17, 15) is 4.79 Å². The lowest BCUT2D eigenvalue weighted by Gasteiger charge is -2.17. The average molecular weight is 368 g/mol. The van der Waals surface area contributed by atoms with Crippen LogP contribution in [0.15, 0.2) is 32.9 Å². The molecule has 0 aliphatic rings. The Morgan fingerprint density at radius 1 is 1.17 bits per heavy atom. The van der Waals surface area contributed by atoms with E-state index in [1.54, 1.807) is 23.1 Å². The first-order valence-electron chi connectivity index (χ1n) is 7.57. The van der Waals surface area contributed by atoms with E-state index in [4.69, 9.17) is 0 Å². The standard InChI is InChI=1S/C16H21N3OS3/c1-4-13(12-8-6-11(3)7-9-12)17-14(20)10-22-16-19-18-15(23-16)21-5-2/h6-9,13H,4-5,10H2,1-3H3,(H,17,20)/t13-/m0/s1. The maximum Gasteiger partial charge on any atom is 0.230 e. The van der Waals surface area contributed by atoms with Crippen LogP contribution in [-0.4, -0.2) is 27.6 Å². The van der Waals surface area contributed by atoms with Gasteiger partial charge in [0.15, 0.2) is 8.68 Å². The molecule has 7 heteroatoms. The topological polar surface area (TPSA) is 54.9 Å². The molecule has 2 rings (SSSR count). The van der Waals surface area contributed by atoms with Crippen LogP contribution < -0.4 is 5.32 Å². The van der Waals surface area contributed by atoms with Gasteiger partial charge >= 0.3 is 0 Å². The van der Waals surface area contributed by atoms with Gasteiger partial charge in [0.25, 0.3) is 0 Å². The summed E-state index contributed by atoms with van der Waals surface area (Å²) in [6, 6.07) is 8.37. The van der Waals surface area contributed by atoms with Crippen molar-refractivity contribution in [2.75, 3.05) is 11.5 Å². The van der Waals surface area contributed by atoms with Crippen LogP contribution >= 0.6 is 34.9 Å². The van der Waals surface area contributed by atoms with Gasteiger partial charge in [-0.3, -0.25) is 4.79 Å². The van der Waals surface area contributed by atoms with Crippen LogP contribution in [0.4, 0.5) is 0 Å². The number of aromatic nitrogens is 2. The minimum Gasteiger partial charge on any atom is -0.349 e. The van der Waals surface area contributed by atoms with Crippen molar-refractivity contribution in [1.29, 1.82) is 0 Å². The highest BCUT2D eigenvalue weighted by atomic mass is 32.2. The quantitative estimate of drug-likeness (QED) is 0.704. The lowest BCUT2D eigenvalue weighted by atomic mass is 10.0. The van der Waals surface area contributed by atoms with E-state index in [0.717, 1.165) is 26.4 Å². The summed E-state index contributed by atoms with van der Waals surface area (Å²) in [4.78, 5) is 12.2. The second kappa shape index (κ2) is 9.30. The first-order chi connectivity index (χ1) is 11.1. The molecule has 1 aromatic carbocycles. The van der Waals surface area contributed by atoms with E-state index < -0.39 is 0 Å². The molecule has 124 valence electrons. The Balaban J connectivity index is 1.85. The second-order valence-corrected chi connectivity index (χ2v) is 8.71. The fourth-order valence-corrected chi connectivity index (χ4v) is 4.75. The number of benzene rings is 1. The minimum absolute atomic E-state index is 0.0299. The van der Waals surface area contributed by atoms with Crippen molar-refractivity contribution in [2.45, 2.75) is 41.9 Å². The third-order valence-electron chi connectivity index (χ3n) is 3.21. The van der Waals surface area contributed by atoms with Crippen molar-refractivity contribution in [3.8, 4) is 0 Å². The minimum atomic E-state index is 0.0299. The fourth-order valence-electron chi connectivity index (χ4n) is 2.02. The van der Waals surface area contributed by atoms with Gasteiger partial charge in [0, 0.05) is 0 Å². The molecular formula is C16H21N3OS3. The maximum absolute atomic E-state index is 12.2. The summed E-state index contributed by atoms with van der Waals surface area (Å²) in [7, 11) is 0. The van der Waals surface area contributed by atoms with Crippen molar-refractivity contribution >= 4 is 40.8 Å². The molecule has 1 amide bonds. The van der Waals surface area contributed by atoms with Crippen molar-refractivity contribution in [2.24, 2.45) is 0 Å². The molecule has 0 radical (unpaired) electrons. The van der Waals surface area contributed by atoms with Gasteiger partial charge in [-0.15, -0.1) is 10.2 Å². The van der Waals surface area contributed by atoms with Gasteiger partial charge in [-0.1, -0.05) is 78.5 Å². The molecule has 2 aromatic rings. The van der Waals surface area contributed by atoms with Crippen LogP contribution in [0, 0.1) is 6.92 Å². The fraction of sp³-hybridized carbons (Fsp3) is 0.438. The van der Waals surface area contributed by atoms with E-state index in [1.165, 1.54) is 17.3 Å². The molecule has 0 spiro atoms.